The van der Waals surface area contributed by atoms with E-state index in [1.165, 1.54) is 0 Å². The molecule has 0 saturated heterocycles. The van der Waals surface area contributed by atoms with Crippen LogP contribution in [0.4, 0.5) is 0 Å². The van der Waals surface area contributed by atoms with E-state index < -0.39 is 0 Å². The Morgan fingerprint density at radius 1 is 0.578 bits per heavy atom. The Morgan fingerprint density at radius 2 is 1.09 bits per heavy atom. The molecule has 0 aliphatic heterocycles. The number of aromatic nitrogens is 6. The normalized spacial score (nSPS) is 12.9. The number of fused-ring (bicyclic) bond motifs is 10. The SMILES string of the molecule is C=C/C(=C(\C=C/C)c1ccccc1-n1c2ccccc2n2c3ccccc3nc12)n1c2ccccc2n2c3ccccc3nc12. The number of rotatable bonds is 5. The predicted octanol–water partition coefficient (Wildman–Crippen LogP) is 9.32. The molecule has 0 spiro atoms. The molecule has 9 rings (SSSR count). The lowest BCUT2D eigenvalue weighted by Crippen LogP contribution is -2.04. The van der Waals surface area contributed by atoms with Crippen LogP contribution in [0.3, 0.4) is 0 Å². The van der Waals surface area contributed by atoms with Crippen LogP contribution in [0.5, 0.6) is 0 Å². The van der Waals surface area contributed by atoms with Gasteiger partial charge >= 0.3 is 0 Å². The molecule has 6 heteroatoms. The highest BCUT2D eigenvalue weighted by molar-refractivity contribution is 6.02. The van der Waals surface area contributed by atoms with Gasteiger partial charge in [0.05, 0.1) is 55.5 Å². The quantitative estimate of drug-likeness (QED) is 0.190. The van der Waals surface area contributed by atoms with Crippen molar-refractivity contribution in [3.05, 3.63) is 152 Å². The fourth-order valence-corrected chi connectivity index (χ4v) is 6.87. The van der Waals surface area contributed by atoms with Crippen molar-refractivity contribution in [1.82, 2.24) is 27.9 Å². The molecule has 0 unspecified atom stereocenters. The van der Waals surface area contributed by atoms with E-state index in [2.05, 4.69) is 153 Å². The summed E-state index contributed by atoms with van der Waals surface area (Å²) >= 11 is 0. The predicted molar refractivity (Wildman–Crippen MR) is 186 cm³/mol. The number of nitrogens with zero attached hydrogens (tertiary/aromatic N) is 6. The van der Waals surface area contributed by atoms with Gasteiger partial charge in [-0.05, 0) is 67.6 Å². The van der Waals surface area contributed by atoms with Gasteiger partial charge < -0.3 is 0 Å². The third kappa shape index (κ3) is 3.50. The Balaban J connectivity index is 1.41. The van der Waals surface area contributed by atoms with Gasteiger partial charge in [0, 0.05) is 11.1 Å². The summed E-state index contributed by atoms with van der Waals surface area (Å²) in [5, 5.41) is 0. The maximum atomic E-state index is 5.15. The lowest BCUT2D eigenvalue weighted by atomic mass is 10.00. The summed E-state index contributed by atoms with van der Waals surface area (Å²) in [5.74, 6) is 1.72. The van der Waals surface area contributed by atoms with Crippen molar-refractivity contribution in [1.29, 1.82) is 0 Å². The van der Waals surface area contributed by atoms with E-state index in [0.29, 0.717) is 0 Å². The maximum Gasteiger partial charge on any atom is 0.220 e. The number of benzene rings is 5. The van der Waals surface area contributed by atoms with E-state index in [4.69, 9.17) is 9.97 Å². The molecule has 4 heterocycles. The lowest BCUT2D eigenvalue weighted by molar-refractivity contribution is 1.10. The van der Waals surface area contributed by atoms with E-state index in [1.54, 1.807) is 0 Å². The molecule has 0 aliphatic rings. The summed E-state index contributed by atoms with van der Waals surface area (Å²) in [6.45, 7) is 6.42. The molecule has 0 N–H and O–H groups in total. The van der Waals surface area contributed by atoms with Crippen LogP contribution in [0.1, 0.15) is 12.5 Å². The minimum absolute atomic E-state index is 0.847. The van der Waals surface area contributed by atoms with Crippen LogP contribution in [-0.4, -0.2) is 27.9 Å². The van der Waals surface area contributed by atoms with Gasteiger partial charge in [-0.1, -0.05) is 85.5 Å². The molecule has 6 nitrogen and oxygen atoms in total. The second-order valence-electron chi connectivity index (χ2n) is 11.1. The Labute approximate surface area is 258 Å². The van der Waals surface area contributed by atoms with Crippen LogP contribution >= 0.6 is 0 Å². The maximum absolute atomic E-state index is 5.15. The third-order valence-corrected chi connectivity index (χ3v) is 8.69. The Kier molecular flexibility index (Phi) is 5.46. The first kappa shape index (κ1) is 25.4. The minimum Gasteiger partial charge on any atom is -0.278 e. The van der Waals surface area contributed by atoms with E-state index in [1.807, 2.05) is 18.2 Å². The van der Waals surface area contributed by atoms with E-state index in [9.17, 15) is 0 Å². The lowest BCUT2D eigenvalue weighted by Gasteiger charge is -2.17. The molecular formula is C39H28N6. The standard InChI is InChI=1S/C39H28N6/c1-3-15-26(30(4-2)42-34-22-11-13-24-36(34)44-32-20-9-6-17-28(32)40-38(42)44)27-16-5-8-19-31(27)43-35-23-12-14-25-37(35)45-33-21-10-7-18-29(33)41-39(43)45/h3-25H,2H2,1H3/b15-3-,30-26-. The third-order valence-electron chi connectivity index (χ3n) is 8.69. The molecule has 0 atom stereocenters. The molecule has 9 aromatic rings. The van der Waals surface area contributed by atoms with Crippen LogP contribution in [0.15, 0.2) is 146 Å². The molecule has 0 bridgehead atoms. The Bertz CT molecular complexity index is 2690. The summed E-state index contributed by atoms with van der Waals surface area (Å²) in [6.07, 6.45) is 6.22. The van der Waals surface area contributed by atoms with Gasteiger partial charge in [-0.2, -0.15) is 0 Å². The number of imidazole rings is 4. The first-order valence-corrected chi connectivity index (χ1v) is 15.1. The highest BCUT2D eigenvalue weighted by Gasteiger charge is 2.23. The molecule has 214 valence electrons. The highest BCUT2D eigenvalue weighted by atomic mass is 15.2. The zero-order valence-electron chi connectivity index (χ0n) is 24.7. The largest absolute Gasteiger partial charge is 0.278 e. The topological polar surface area (TPSA) is 44.5 Å². The average Bonchev–Trinajstić information content (AvgIpc) is 3.82. The number of hydrogen-bond acceptors (Lipinski definition) is 2. The van der Waals surface area contributed by atoms with Crippen LogP contribution < -0.4 is 0 Å². The van der Waals surface area contributed by atoms with Crippen LogP contribution in [0, 0.1) is 0 Å². The zero-order valence-corrected chi connectivity index (χ0v) is 24.7. The first-order valence-electron chi connectivity index (χ1n) is 15.1. The Hall–Kier alpha value is -6.14. The monoisotopic (exact) mass is 580 g/mol. The van der Waals surface area contributed by atoms with E-state index >= 15 is 0 Å². The second kappa shape index (κ2) is 9.69. The van der Waals surface area contributed by atoms with Crippen molar-refractivity contribution in [2.45, 2.75) is 6.92 Å². The van der Waals surface area contributed by atoms with Gasteiger partial charge in [0.1, 0.15) is 0 Å². The van der Waals surface area contributed by atoms with Crippen molar-refractivity contribution in [2.24, 2.45) is 0 Å². The summed E-state index contributed by atoms with van der Waals surface area (Å²) in [6, 6.07) is 42.2. The van der Waals surface area contributed by atoms with Crippen molar-refractivity contribution in [3.63, 3.8) is 0 Å². The minimum atomic E-state index is 0.847. The number of hydrogen-bond donors (Lipinski definition) is 0. The smallest absolute Gasteiger partial charge is 0.220 e. The Morgan fingerprint density at radius 3 is 1.76 bits per heavy atom. The first-order chi connectivity index (χ1) is 22.3. The van der Waals surface area contributed by atoms with Gasteiger partial charge in [-0.3, -0.25) is 17.9 Å². The van der Waals surface area contributed by atoms with Crippen molar-refractivity contribution >= 4 is 67.0 Å². The molecule has 45 heavy (non-hydrogen) atoms. The molecular weight excluding hydrogens is 552 g/mol. The molecule has 0 aliphatic carbocycles. The van der Waals surface area contributed by atoms with Crippen LogP contribution in [0.2, 0.25) is 0 Å². The van der Waals surface area contributed by atoms with Gasteiger partial charge in [-0.25, -0.2) is 9.97 Å². The molecule has 0 fully saturated rings. The fourth-order valence-electron chi connectivity index (χ4n) is 6.87. The van der Waals surface area contributed by atoms with Gasteiger partial charge in [0.15, 0.2) is 0 Å². The number of para-hydroxylation sites is 9. The highest BCUT2D eigenvalue weighted by Crippen LogP contribution is 2.37. The fraction of sp³-hybridized carbons (Fsp3) is 0.0256. The molecule has 0 saturated carbocycles. The van der Waals surface area contributed by atoms with E-state index in [-0.39, 0.29) is 0 Å². The van der Waals surface area contributed by atoms with Crippen molar-refractivity contribution in [2.75, 3.05) is 0 Å². The van der Waals surface area contributed by atoms with Gasteiger partial charge in [0.2, 0.25) is 11.6 Å². The molecule has 5 aromatic carbocycles. The van der Waals surface area contributed by atoms with Crippen molar-refractivity contribution in [3.8, 4) is 5.69 Å². The van der Waals surface area contributed by atoms with E-state index in [0.717, 1.165) is 78.2 Å². The van der Waals surface area contributed by atoms with Crippen LogP contribution in [-0.2, 0) is 0 Å². The van der Waals surface area contributed by atoms with Gasteiger partial charge in [0.25, 0.3) is 0 Å². The second-order valence-corrected chi connectivity index (χ2v) is 11.1. The summed E-state index contributed by atoms with van der Waals surface area (Å²) in [7, 11) is 0. The van der Waals surface area contributed by atoms with Crippen LogP contribution in [0.25, 0.3) is 72.6 Å². The number of allylic oxidation sites excluding steroid dienone is 5. The van der Waals surface area contributed by atoms with Gasteiger partial charge in [-0.15, -0.1) is 0 Å². The molecule has 0 amide bonds. The molecule has 4 aromatic heterocycles. The summed E-state index contributed by atoms with van der Waals surface area (Å²) in [4.78, 5) is 10.3. The van der Waals surface area contributed by atoms with Crippen molar-refractivity contribution < 1.29 is 0 Å². The average molecular weight is 581 g/mol. The summed E-state index contributed by atoms with van der Waals surface area (Å²) < 4.78 is 9.02. The summed E-state index contributed by atoms with van der Waals surface area (Å²) in [5.41, 5.74) is 12.5. The molecule has 0 radical (unpaired) electrons. The zero-order chi connectivity index (χ0) is 30.1.